The quantitative estimate of drug-likeness (QED) is 0.397. The van der Waals surface area contributed by atoms with Crippen molar-refractivity contribution >= 4 is 18.0 Å². The van der Waals surface area contributed by atoms with Gasteiger partial charge in [-0.25, -0.2) is 8.57 Å². The third kappa shape index (κ3) is 6.07. The Bertz CT molecular complexity index is 709. The Balaban J connectivity index is 3.22. The first-order valence-corrected chi connectivity index (χ1v) is 14.0. The van der Waals surface area contributed by atoms with Gasteiger partial charge in [-0.1, -0.05) is 58.4 Å². The van der Waals surface area contributed by atoms with Crippen LogP contribution in [0.2, 0.25) is 18.1 Å². The summed E-state index contributed by atoms with van der Waals surface area (Å²) in [6.45, 7) is 21.8. The number of rotatable bonds is 8. The molecule has 0 saturated carbocycles. The third-order valence-corrected chi connectivity index (χ3v) is 12.0. The van der Waals surface area contributed by atoms with Crippen LogP contribution in [0.1, 0.15) is 40.2 Å². The smallest absolute Gasteiger partial charge is 0.192 e. The predicted molar refractivity (Wildman–Crippen MR) is 117 cm³/mol. The highest BCUT2D eigenvalue weighted by atomic mass is 32.2. The molecule has 1 aromatic carbocycles. The number of benzene rings is 1. The molecule has 2 atom stereocenters. The lowest BCUT2D eigenvalue weighted by Gasteiger charge is -2.37. The molecule has 148 valence electrons. The first kappa shape index (κ1) is 23.1. The van der Waals surface area contributed by atoms with Gasteiger partial charge in [0.05, 0.1) is 28.1 Å². The molecule has 0 aliphatic rings. The van der Waals surface area contributed by atoms with E-state index < -0.39 is 18.0 Å². The summed E-state index contributed by atoms with van der Waals surface area (Å²) in [5, 5.41) is 0.147. The summed E-state index contributed by atoms with van der Waals surface area (Å²) >= 11 is 0. The average molecular weight is 396 g/mol. The zero-order valence-electron chi connectivity index (χ0n) is 17.8. The van der Waals surface area contributed by atoms with Crippen LogP contribution in [0.3, 0.4) is 0 Å². The summed E-state index contributed by atoms with van der Waals surface area (Å²) in [6, 6.07) is 7.74. The van der Waals surface area contributed by atoms with Crippen molar-refractivity contribution < 1.29 is 8.63 Å². The van der Waals surface area contributed by atoms with Gasteiger partial charge in [-0.2, -0.15) is 0 Å². The molecule has 0 bridgehead atoms. The molecule has 1 rings (SSSR count). The molecule has 0 radical (unpaired) electrons. The van der Waals surface area contributed by atoms with Crippen molar-refractivity contribution in [2.24, 2.45) is 10.3 Å². The Kier molecular flexibility index (Phi) is 7.87. The van der Waals surface area contributed by atoms with Gasteiger partial charge in [0.1, 0.15) is 0 Å². The second-order valence-electron chi connectivity index (χ2n) is 8.90. The highest BCUT2D eigenvalue weighted by Gasteiger charge is 2.38. The van der Waals surface area contributed by atoms with Crippen molar-refractivity contribution in [3.8, 4) is 0 Å². The average Bonchev–Trinajstić information content (AvgIpc) is 2.51. The maximum absolute atomic E-state index is 13.7. The lowest BCUT2D eigenvalue weighted by atomic mass is 10.1. The number of nitrogens with zero attached hydrogens (tertiary/aromatic N) is 1. The van der Waals surface area contributed by atoms with Crippen molar-refractivity contribution in [1.82, 2.24) is 0 Å². The van der Waals surface area contributed by atoms with Crippen LogP contribution in [0.4, 0.5) is 0 Å². The minimum Gasteiger partial charge on any atom is -0.415 e. The molecule has 0 fully saturated rings. The highest BCUT2D eigenvalue weighted by Crippen LogP contribution is 2.37. The van der Waals surface area contributed by atoms with E-state index in [4.69, 9.17) is 8.79 Å². The molecule has 26 heavy (non-hydrogen) atoms. The maximum atomic E-state index is 13.7. The van der Waals surface area contributed by atoms with Gasteiger partial charge >= 0.3 is 0 Å². The minimum atomic E-state index is -2.54. The third-order valence-electron chi connectivity index (χ3n) is 5.23. The van der Waals surface area contributed by atoms with Crippen LogP contribution < -0.4 is 0 Å². The Morgan fingerprint density at radius 1 is 1.23 bits per heavy atom. The second-order valence-corrected chi connectivity index (χ2v) is 16.0. The standard InChI is InChI=1S/C21H37NO2SSi/c1-10-15-25(23,19-13-11-18(4)12-14-19)22-20(17(2)3)16-24-26(8,9)21(5,6)7/h10-14,17,20H,1,15-16H2,2-9H3/t20-,25?/m0/s1. The number of aryl methyl sites for hydroxylation is 1. The highest BCUT2D eigenvalue weighted by molar-refractivity contribution is 7.93. The fraction of sp³-hybridized carbons (Fsp3) is 0.619. The van der Waals surface area contributed by atoms with E-state index in [1.54, 1.807) is 6.08 Å². The van der Waals surface area contributed by atoms with Gasteiger partial charge in [-0.3, -0.25) is 0 Å². The molecule has 0 N–H and O–H groups in total. The van der Waals surface area contributed by atoms with E-state index >= 15 is 0 Å². The van der Waals surface area contributed by atoms with E-state index in [0.717, 1.165) is 10.5 Å². The maximum Gasteiger partial charge on any atom is 0.192 e. The molecule has 3 nitrogen and oxygen atoms in total. The summed E-state index contributed by atoms with van der Waals surface area (Å²) in [5.41, 5.74) is 1.15. The number of hydrogen-bond donors (Lipinski definition) is 0. The van der Waals surface area contributed by atoms with Gasteiger partial charge in [-0.05, 0) is 43.1 Å². The molecule has 0 amide bonds. The molecule has 1 aromatic rings. The zero-order valence-corrected chi connectivity index (χ0v) is 19.7. The van der Waals surface area contributed by atoms with Crippen LogP contribution >= 0.6 is 0 Å². The van der Waals surface area contributed by atoms with Crippen LogP contribution in [-0.2, 0) is 14.2 Å². The predicted octanol–water partition coefficient (Wildman–Crippen LogP) is 6.05. The zero-order chi connectivity index (χ0) is 20.2. The van der Waals surface area contributed by atoms with Gasteiger partial charge < -0.3 is 4.43 Å². The van der Waals surface area contributed by atoms with Crippen molar-refractivity contribution in [3.05, 3.63) is 42.5 Å². The van der Waals surface area contributed by atoms with Crippen LogP contribution in [0.5, 0.6) is 0 Å². The van der Waals surface area contributed by atoms with Gasteiger partial charge in [0.2, 0.25) is 0 Å². The Hall–Kier alpha value is -0.913. The lowest BCUT2D eigenvalue weighted by Crippen LogP contribution is -2.43. The molecular weight excluding hydrogens is 358 g/mol. The molecule has 0 heterocycles. The molecular formula is C21H37NO2SSi. The summed E-state index contributed by atoms with van der Waals surface area (Å²) in [6.07, 6.45) is 1.71. The topological polar surface area (TPSA) is 38.7 Å². The van der Waals surface area contributed by atoms with E-state index in [9.17, 15) is 4.21 Å². The Morgan fingerprint density at radius 3 is 2.19 bits per heavy atom. The van der Waals surface area contributed by atoms with Crippen molar-refractivity contribution in [1.29, 1.82) is 0 Å². The van der Waals surface area contributed by atoms with Gasteiger partial charge in [0, 0.05) is 4.90 Å². The molecule has 0 aliphatic carbocycles. The van der Waals surface area contributed by atoms with E-state index in [2.05, 4.69) is 54.3 Å². The molecule has 0 saturated heterocycles. The van der Waals surface area contributed by atoms with Gasteiger partial charge in [-0.15, -0.1) is 6.58 Å². The molecule has 0 aliphatic heterocycles. The second kappa shape index (κ2) is 8.85. The normalized spacial score (nSPS) is 16.2. The molecule has 1 unspecified atom stereocenters. The molecule has 0 spiro atoms. The summed E-state index contributed by atoms with van der Waals surface area (Å²) in [7, 11) is -4.41. The van der Waals surface area contributed by atoms with E-state index in [-0.39, 0.29) is 17.0 Å². The molecule has 0 aromatic heterocycles. The van der Waals surface area contributed by atoms with Gasteiger partial charge in [0.15, 0.2) is 8.32 Å². The van der Waals surface area contributed by atoms with Crippen LogP contribution in [0, 0.1) is 12.8 Å². The van der Waals surface area contributed by atoms with Crippen molar-refractivity contribution in [2.75, 3.05) is 12.4 Å². The first-order chi connectivity index (χ1) is 11.8. The monoisotopic (exact) mass is 395 g/mol. The van der Waals surface area contributed by atoms with Crippen LogP contribution in [0.15, 0.2) is 46.2 Å². The lowest BCUT2D eigenvalue weighted by molar-refractivity contribution is 0.240. The minimum absolute atomic E-state index is 0.0992. The Labute approximate surface area is 162 Å². The van der Waals surface area contributed by atoms with E-state index in [1.807, 2.05) is 31.2 Å². The van der Waals surface area contributed by atoms with Crippen molar-refractivity contribution in [2.45, 2.75) is 70.6 Å². The van der Waals surface area contributed by atoms with Crippen LogP contribution in [-0.4, -0.2) is 30.9 Å². The fourth-order valence-corrected chi connectivity index (χ4v) is 5.23. The van der Waals surface area contributed by atoms with E-state index in [0.29, 0.717) is 12.4 Å². The Morgan fingerprint density at radius 2 is 1.77 bits per heavy atom. The number of hydrogen-bond acceptors (Lipinski definition) is 3. The fourth-order valence-electron chi connectivity index (χ4n) is 2.18. The summed E-state index contributed by atoms with van der Waals surface area (Å²) in [4.78, 5) is 0.779. The SMILES string of the molecule is C=CCS(=O)(=N[C@@H](CO[Si](C)(C)C(C)(C)C)C(C)C)c1ccc(C)cc1. The first-order valence-electron chi connectivity index (χ1n) is 9.38. The van der Waals surface area contributed by atoms with E-state index in [1.165, 1.54) is 0 Å². The van der Waals surface area contributed by atoms with Gasteiger partial charge in [0.25, 0.3) is 0 Å². The largest absolute Gasteiger partial charge is 0.415 e. The molecule has 5 heteroatoms. The summed E-state index contributed by atoms with van der Waals surface area (Å²) < 4.78 is 24.9. The van der Waals surface area contributed by atoms with Crippen molar-refractivity contribution in [3.63, 3.8) is 0 Å². The summed E-state index contributed by atoms with van der Waals surface area (Å²) in [5.74, 6) is 0.621. The van der Waals surface area contributed by atoms with Crippen LogP contribution in [0.25, 0.3) is 0 Å².